The van der Waals surface area contributed by atoms with E-state index in [2.05, 4.69) is 5.32 Å². The molecular formula is C11H12ClNO3. The van der Waals surface area contributed by atoms with Gasteiger partial charge in [0, 0.05) is 18.0 Å². The number of carbonyl (C=O) groups is 2. The Bertz CT molecular complexity index is 393. The fourth-order valence-corrected chi connectivity index (χ4v) is 1.37. The molecule has 0 unspecified atom stereocenters. The van der Waals surface area contributed by atoms with Gasteiger partial charge in [0.2, 0.25) is 5.91 Å². The largest absolute Gasteiger partial charge is 0.481 e. The van der Waals surface area contributed by atoms with Gasteiger partial charge in [0.1, 0.15) is 0 Å². The number of aliphatic carboxylic acids is 1. The van der Waals surface area contributed by atoms with Crippen LogP contribution in [0.3, 0.4) is 0 Å². The second kappa shape index (κ2) is 6.12. The Kier molecular flexibility index (Phi) is 4.79. The number of rotatable bonds is 5. The van der Waals surface area contributed by atoms with E-state index in [0.717, 1.165) is 5.56 Å². The van der Waals surface area contributed by atoms with Gasteiger partial charge in [-0.3, -0.25) is 9.59 Å². The van der Waals surface area contributed by atoms with Crippen molar-refractivity contribution in [3.63, 3.8) is 0 Å². The van der Waals surface area contributed by atoms with Crippen LogP contribution in [-0.2, 0) is 16.1 Å². The lowest BCUT2D eigenvalue weighted by Gasteiger charge is -2.04. The summed E-state index contributed by atoms with van der Waals surface area (Å²) in [7, 11) is 0. The van der Waals surface area contributed by atoms with Crippen LogP contribution in [0.25, 0.3) is 0 Å². The molecule has 0 saturated heterocycles. The molecule has 5 heteroatoms. The topological polar surface area (TPSA) is 66.4 Å². The molecule has 0 atom stereocenters. The zero-order chi connectivity index (χ0) is 12.0. The first-order valence-electron chi connectivity index (χ1n) is 4.81. The zero-order valence-electron chi connectivity index (χ0n) is 8.57. The van der Waals surface area contributed by atoms with Crippen LogP contribution in [0.4, 0.5) is 0 Å². The molecule has 1 rings (SSSR count). The molecule has 0 aliphatic rings. The lowest BCUT2D eigenvalue weighted by atomic mass is 10.2. The van der Waals surface area contributed by atoms with Crippen molar-refractivity contribution in [1.82, 2.24) is 5.32 Å². The van der Waals surface area contributed by atoms with Crippen molar-refractivity contribution >= 4 is 23.5 Å². The Morgan fingerprint density at radius 2 is 2.06 bits per heavy atom. The quantitative estimate of drug-likeness (QED) is 0.826. The van der Waals surface area contributed by atoms with Crippen LogP contribution in [0, 0.1) is 0 Å². The molecule has 1 amide bonds. The highest BCUT2D eigenvalue weighted by Gasteiger charge is 2.04. The number of halogens is 1. The van der Waals surface area contributed by atoms with E-state index in [0.29, 0.717) is 11.6 Å². The molecule has 0 aliphatic heterocycles. The Morgan fingerprint density at radius 3 is 2.69 bits per heavy atom. The number of benzene rings is 1. The van der Waals surface area contributed by atoms with E-state index in [-0.39, 0.29) is 18.7 Å². The predicted molar refractivity (Wildman–Crippen MR) is 60.2 cm³/mol. The molecule has 0 saturated carbocycles. The molecule has 0 aliphatic carbocycles. The molecule has 1 aromatic rings. The van der Waals surface area contributed by atoms with Gasteiger partial charge in [0.15, 0.2) is 0 Å². The lowest BCUT2D eigenvalue weighted by Crippen LogP contribution is -2.23. The number of carboxylic acid groups (broad SMARTS) is 1. The molecule has 0 heterocycles. The highest BCUT2D eigenvalue weighted by molar-refractivity contribution is 6.30. The fourth-order valence-electron chi connectivity index (χ4n) is 1.16. The zero-order valence-corrected chi connectivity index (χ0v) is 9.33. The predicted octanol–water partition coefficient (Wildman–Crippen LogP) is 1.82. The van der Waals surface area contributed by atoms with E-state index in [9.17, 15) is 9.59 Å². The number of nitrogens with one attached hydrogen (secondary N) is 1. The summed E-state index contributed by atoms with van der Waals surface area (Å²) >= 11 is 5.77. The molecule has 0 bridgehead atoms. The smallest absolute Gasteiger partial charge is 0.303 e. The van der Waals surface area contributed by atoms with Crippen LogP contribution in [-0.4, -0.2) is 17.0 Å². The first-order valence-corrected chi connectivity index (χ1v) is 5.18. The van der Waals surface area contributed by atoms with E-state index < -0.39 is 5.97 Å². The van der Waals surface area contributed by atoms with Crippen LogP contribution in [0.1, 0.15) is 18.4 Å². The summed E-state index contributed by atoms with van der Waals surface area (Å²) in [6, 6.07) is 7.13. The van der Waals surface area contributed by atoms with Crippen molar-refractivity contribution in [3.05, 3.63) is 34.9 Å². The third-order valence-electron chi connectivity index (χ3n) is 1.94. The fraction of sp³-hybridized carbons (Fsp3) is 0.273. The Labute approximate surface area is 98.2 Å². The van der Waals surface area contributed by atoms with Gasteiger partial charge in [-0.1, -0.05) is 23.7 Å². The number of carbonyl (C=O) groups excluding carboxylic acids is 1. The van der Waals surface area contributed by atoms with E-state index in [1.54, 1.807) is 18.2 Å². The molecule has 16 heavy (non-hydrogen) atoms. The normalized spacial score (nSPS) is 9.81. The van der Waals surface area contributed by atoms with Gasteiger partial charge in [-0.15, -0.1) is 0 Å². The summed E-state index contributed by atoms with van der Waals surface area (Å²) in [5, 5.41) is 11.6. The minimum atomic E-state index is -0.974. The lowest BCUT2D eigenvalue weighted by molar-refractivity contribution is -0.138. The molecular weight excluding hydrogens is 230 g/mol. The van der Waals surface area contributed by atoms with Gasteiger partial charge in [-0.05, 0) is 17.7 Å². The number of amides is 1. The summed E-state index contributed by atoms with van der Waals surface area (Å²) in [5.74, 6) is -1.25. The van der Waals surface area contributed by atoms with E-state index in [4.69, 9.17) is 16.7 Å². The van der Waals surface area contributed by atoms with Crippen molar-refractivity contribution in [2.45, 2.75) is 19.4 Å². The maximum atomic E-state index is 11.2. The number of hydrogen-bond acceptors (Lipinski definition) is 2. The second-order valence-electron chi connectivity index (χ2n) is 3.30. The van der Waals surface area contributed by atoms with Crippen molar-refractivity contribution in [2.75, 3.05) is 0 Å². The van der Waals surface area contributed by atoms with E-state index >= 15 is 0 Å². The average Bonchev–Trinajstić information content (AvgIpc) is 2.23. The maximum absolute atomic E-state index is 11.2. The highest BCUT2D eigenvalue weighted by atomic mass is 35.5. The summed E-state index contributed by atoms with van der Waals surface area (Å²) in [6.45, 7) is 0.360. The molecule has 0 spiro atoms. The average molecular weight is 242 g/mol. The number of carboxylic acids is 1. The summed E-state index contributed by atoms with van der Waals surface area (Å²) in [5.41, 5.74) is 0.885. The van der Waals surface area contributed by atoms with Crippen molar-refractivity contribution in [3.8, 4) is 0 Å². The first-order chi connectivity index (χ1) is 7.58. The van der Waals surface area contributed by atoms with Crippen LogP contribution in [0.2, 0.25) is 5.02 Å². The molecule has 4 nitrogen and oxygen atoms in total. The number of hydrogen-bond donors (Lipinski definition) is 2. The Balaban J connectivity index is 2.34. The van der Waals surface area contributed by atoms with E-state index in [1.165, 1.54) is 0 Å². The van der Waals surface area contributed by atoms with Crippen molar-refractivity contribution in [1.29, 1.82) is 0 Å². The van der Waals surface area contributed by atoms with Gasteiger partial charge in [-0.25, -0.2) is 0 Å². The SMILES string of the molecule is O=C(O)CCC(=O)NCc1cccc(Cl)c1. The molecule has 0 fully saturated rings. The van der Waals surface area contributed by atoms with Gasteiger partial charge >= 0.3 is 5.97 Å². The van der Waals surface area contributed by atoms with Gasteiger partial charge < -0.3 is 10.4 Å². The summed E-state index contributed by atoms with van der Waals surface area (Å²) in [6.07, 6.45) is -0.155. The highest BCUT2D eigenvalue weighted by Crippen LogP contribution is 2.10. The third-order valence-corrected chi connectivity index (χ3v) is 2.18. The molecule has 86 valence electrons. The van der Waals surface area contributed by atoms with E-state index in [1.807, 2.05) is 6.07 Å². The standard InChI is InChI=1S/C11H12ClNO3/c12-9-3-1-2-8(6-9)7-13-10(14)4-5-11(15)16/h1-3,6H,4-5,7H2,(H,13,14)(H,15,16). The molecule has 0 radical (unpaired) electrons. The third kappa shape index (κ3) is 4.79. The van der Waals surface area contributed by atoms with Crippen LogP contribution < -0.4 is 5.32 Å². The summed E-state index contributed by atoms with van der Waals surface area (Å²) < 4.78 is 0. The molecule has 0 aromatic heterocycles. The van der Waals surface area contributed by atoms with Gasteiger partial charge in [0.25, 0.3) is 0 Å². The molecule has 2 N–H and O–H groups in total. The second-order valence-corrected chi connectivity index (χ2v) is 3.74. The summed E-state index contributed by atoms with van der Waals surface area (Å²) in [4.78, 5) is 21.4. The first kappa shape index (κ1) is 12.5. The monoisotopic (exact) mass is 241 g/mol. The van der Waals surface area contributed by atoms with Gasteiger partial charge in [-0.2, -0.15) is 0 Å². The van der Waals surface area contributed by atoms with Crippen molar-refractivity contribution < 1.29 is 14.7 Å². The molecule has 1 aromatic carbocycles. The minimum absolute atomic E-state index is 0.00407. The maximum Gasteiger partial charge on any atom is 0.303 e. The van der Waals surface area contributed by atoms with Crippen LogP contribution in [0.5, 0.6) is 0 Å². The Hall–Kier alpha value is -1.55. The van der Waals surface area contributed by atoms with Crippen LogP contribution >= 0.6 is 11.6 Å². The van der Waals surface area contributed by atoms with Crippen molar-refractivity contribution in [2.24, 2.45) is 0 Å². The Morgan fingerprint density at radius 1 is 1.31 bits per heavy atom. The van der Waals surface area contributed by atoms with Crippen LogP contribution in [0.15, 0.2) is 24.3 Å². The minimum Gasteiger partial charge on any atom is -0.481 e. The van der Waals surface area contributed by atoms with Gasteiger partial charge in [0.05, 0.1) is 6.42 Å².